The highest BCUT2D eigenvalue weighted by Gasteiger charge is 2.19. The topological polar surface area (TPSA) is 46.2 Å². The lowest BCUT2D eigenvalue weighted by molar-refractivity contribution is 0.567. The molecule has 0 saturated heterocycles. The SMILES string of the molecule is CC(NS(=O)(=O)c1cccc(Br)c1)c1ccccc1Cl. The van der Waals surface area contributed by atoms with E-state index in [0.29, 0.717) is 9.50 Å². The van der Waals surface area contributed by atoms with Crippen molar-refractivity contribution in [1.82, 2.24) is 4.72 Å². The molecule has 0 aliphatic carbocycles. The first-order valence-electron chi connectivity index (χ1n) is 5.92. The van der Waals surface area contributed by atoms with Gasteiger partial charge in [-0.1, -0.05) is 51.8 Å². The van der Waals surface area contributed by atoms with Crippen molar-refractivity contribution in [1.29, 1.82) is 0 Å². The van der Waals surface area contributed by atoms with Gasteiger partial charge < -0.3 is 0 Å². The van der Waals surface area contributed by atoms with E-state index in [1.165, 1.54) is 0 Å². The third kappa shape index (κ3) is 3.61. The predicted molar refractivity (Wildman–Crippen MR) is 84.3 cm³/mol. The Morgan fingerprint density at radius 3 is 2.50 bits per heavy atom. The van der Waals surface area contributed by atoms with Gasteiger partial charge >= 0.3 is 0 Å². The molecular weight excluding hydrogens is 362 g/mol. The first kappa shape index (κ1) is 15.5. The van der Waals surface area contributed by atoms with Crippen LogP contribution in [0.1, 0.15) is 18.5 Å². The normalized spacial score (nSPS) is 13.2. The van der Waals surface area contributed by atoms with Crippen LogP contribution in [-0.2, 0) is 10.0 Å². The molecule has 0 amide bonds. The fourth-order valence-electron chi connectivity index (χ4n) is 1.82. The van der Waals surface area contributed by atoms with E-state index >= 15 is 0 Å². The summed E-state index contributed by atoms with van der Waals surface area (Å²) in [5.74, 6) is 0. The first-order chi connectivity index (χ1) is 9.40. The van der Waals surface area contributed by atoms with E-state index in [9.17, 15) is 8.42 Å². The fourth-order valence-corrected chi connectivity index (χ4v) is 3.94. The van der Waals surface area contributed by atoms with Gasteiger partial charge in [0.1, 0.15) is 0 Å². The van der Waals surface area contributed by atoms with E-state index in [4.69, 9.17) is 11.6 Å². The summed E-state index contributed by atoms with van der Waals surface area (Å²) in [4.78, 5) is 0.214. The predicted octanol–water partition coefficient (Wildman–Crippen LogP) is 4.14. The number of benzene rings is 2. The van der Waals surface area contributed by atoms with Gasteiger partial charge in [0.05, 0.1) is 4.90 Å². The second kappa shape index (κ2) is 6.26. The van der Waals surface area contributed by atoms with Crippen LogP contribution in [0, 0.1) is 0 Å². The van der Waals surface area contributed by atoms with E-state index < -0.39 is 16.1 Å². The molecule has 0 saturated carbocycles. The molecule has 6 heteroatoms. The van der Waals surface area contributed by atoms with Crippen LogP contribution in [0.3, 0.4) is 0 Å². The number of rotatable bonds is 4. The summed E-state index contributed by atoms with van der Waals surface area (Å²) in [7, 11) is -3.59. The molecule has 0 radical (unpaired) electrons. The van der Waals surface area contributed by atoms with Crippen LogP contribution in [0.5, 0.6) is 0 Å². The van der Waals surface area contributed by atoms with Gasteiger partial charge in [-0.25, -0.2) is 13.1 Å². The lowest BCUT2D eigenvalue weighted by atomic mass is 10.1. The molecular formula is C14H13BrClNO2S. The number of hydrogen-bond donors (Lipinski definition) is 1. The molecule has 0 spiro atoms. The number of sulfonamides is 1. The minimum Gasteiger partial charge on any atom is -0.207 e. The van der Waals surface area contributed by atoms with Crippen molar-refractivity contribution in [2.45, 2.75) is 17.9 Å². The van der Waals surface area contributed by atoms with Gasteiger partial charge in [-0.05, 0) is 36.8 Å². The van der Waals surface area contributed by atoms with Gasteiger partial charge in [0.15, 0.2) is 0 Å². The van der Waals surface area contributed by atoms with Gasteiger partial charge in [-0.15, -0.1) is 0 Å². The summed E-state index contributed by atoms with van der Waals surface area (Å²) in [5, 5.41) is 0.539. The largest absolute Gasteiger partial charge is 0.241 e. The molecule has 106 valence electrons. The van der Waals surface area contributed by atoms with Crippen LogP contribution in [0.2, 0.25) is 5.02 Å². The maximum absolute atomic E-state index is 12.3. The number of hydrogen-bond acceptors (Lipinski definition) is 2. The summed E-state index contributed by atoms with van der Waals surface area (Å²) >= 11 is 9.34. The second-order valence-corrected chi connectivity index (χ2v) is 7.36. The van der Waals surface area contributed by atoms with Crippen molar-refractivity contribution >= 4 is 37.6 Å². The Labute approximate surface area is 132 Å². The third-order valence-electron chi connectivity index (χ3n) is 2.81. The van der Waals surface area contributed by atoms with Crippen molar-refractivity contribution in [2.24, 2.45) is 0 Å². The Hall–Kier alpha value is -0.880. The Kier molecular flexibility index (Phi) is 4.86. The van der Waals surface area contributed by atoms with E-state index in [2.05, 4.69) is 20.7 Å². The molecule has 20 heavy (non-hydrogen) atoms. The van der Waals surface area contributed by atoms with E-state index in [1.54, 1.807) is 49.4 Å². The van der Waals surface area contributed by atoms with Crippen molar-refractivity contribution in [3.8, 4) is 0 Å². The molecule has 3 nitrogen and oxygen atoms in total. The van der Waals surface area contributed by atoms with Crippen LogP contribution in [0.15, 0.2) is 57.9 Å². The highest BCUT2D eigenvalue weighted by Crippen LogP contribution is 2.24. The lowest BCUT2D eigenvalue weighted by Crippen LogP contribution is -2.27. The summed E-state index contributed by atoms with van der Waals surface area (Å²) in [6.07, 6.45) is 0. The zero-order valence-corrected chi connectivity index (χ0v) is 13.8. The lowest BCUT2D eigenvalue weighted by Gasteiger charge is -2.16. The van der Waals surface area contributed by atoms with Crippen LogP contribution >= 0.6 is 27.5 Å². The van der Waals surface area contributed by atoms with Crippen molar-refractivity contribution in [3.63, 3.8) is 0 Å². The zero-order chi connectivity index (χ0) is 14.8. The Morgan fingerprint density at radius 1 is 1.15 bits per heavy atom. The van der Waals surface area contributed by atoms with Crippen molar-refractivity contribution in [2.75, 3.05) is 0 Å². The first-order valence-corrected chi connectivity index (χ1v) is 8.58. The Bertz CT molecular complexity index is 719. The van der Waals surface area contributed by atoms with Crippen LogP contribution in [0.4, 0.5) is 0 Å². The van der Waals surface area contributed by atoms with Crippen LogP contribution in [0.25, 0.3) is 0 Å². The molecule has 0 heterocycles. The van der Waals surface area contributed by atoms with Crippen LogP contribution < -0.4 is 4.72 Å². The molecule has 2 rings (SSSR count). The van der Waals surface area contributed by atoms with Crippen LogP contribution in [-0.4, -0.2) is 8.42 Å². The third-order valence-corrected chi connectivity index (χ3v) is 5.19. The van der Waals surface area contributed by atoms with Crippen molar-refractivity contribution < 1.29 is 8.42 Å². The van der Waals surface area contributed by atoms with Gasteiger partial charge in [0.25, 0.3) is 0 Å². The minimum atomic E-state index is -3.59. The molecule has 1 N–H and O–H groups in total. The van der Waals surface area contributed by atoms with Gasteiger partial charge in [-0.2, -0.15) is 0 Å². The van der Waals surface area contributed by atoms with E-state index in [-0.39, 0.29) is 4.90 Å². The molecule has 2 aromatic carbocycles. The van der Waals surface area contributed by atoms with Gasteiger partial charge in [0, 0.05) is 15.5 Å². The quantitative estimate of drug-likeness (QED) is 0.874. The average molecular weight is 375 g/mol. The number of nitrogens with one attached hydrogen (secondary N) is 1. The highest BCUT2D eigenvalue weighted by atomic mass is 79.9. The number of halogens is 2. The minimum absolute atomic E-state index is 0.214. The smallest absolute Gasteiger partial charge is 0.207 e. The molecule has 0 bridgehead atoms. The molecule has 1 atom stereocenters. The maximum atomic E-state index is 12.3. The summed E-state index contributed by atoms with van der Waals surface area (Å²) < 4.78 is 27.9. The molecule has 0 fully saturated rings. The Morgan fingerprint density at radius 2 is 1.85 bits per heavy atom. The fraction of sp³-hybridized carbons (Fsp3) is 0.143. The molecule has 1 unspecified atom stereocenters. The standard InChI is InChI=1S/C14H13BrClNO2S/c1-10(13-7-2-3-8-14(13)16)17-20(18,19)12-6-4-5-11(15)9-12/h2-10,17H,1H3. The zero-order valence-electron chi connectivity index (χ0n) is 10.7. The average Bonchev–Trinajstić information content (AvgIpc) is 2.38. The monoisotopic (exact) mass is 373 g/mol. The Balaban J connectivity index is 2.27. The van der Waals surface area contributed by atoms with Crippen molar-refractivity contribution in [3.05, 3.63) is 63.6 Å². The summed E-state index contributed by atoms with van der Waals surface area (Å²) in [6.45, 7) is 1.76. The summed E-state index contributed by atoms with van der Waals surface area (Å²) in [6, 6.07) is 13.3. The van der Waals surface area contributed by atoms with Gasteiger partial charge in [-0.3, -0.25) is 0 Å². The molecule has 0 aliphatic rings. The molecule has 2 aromatic rings. The van der Waals surface area contributed by atoms with E-state index in [0.717, 1.165) is 5.56 Å². The maximum Gasteiger partial charge on any atom is 0.241 e. The second-order valence-electron chi connectivity index (χ2n) is 4.32. The van der Waals surface area contributed by atoms with Gasteiger partial charge in [0.2, 0.25) is 10.0 Å². The highest BCUT2D eigenvalue weighted by molar-refractivity contribution is 9.10. The molecule has 0 aliphatic heterocycles. The van der Waals surface area contributed by atoms with E-state index in [1.807, 2.05) is 6.07 Å². The molecule has 0 aromatic heterocycles. The summed E-state index contributed by atoms with van der Waals surface area (Å²) in [5.41, 5.74) is 0.743.